The van der Waals surface area contributed by atoms with Crippen molar-refractivity contribution in [2.45, 2.75) is 109 Å². The highest BCUT2D eigenvalue weighted by atomic mass is 19.2. The average molecular weight is 801 g/mol. The van der Waals surface area contributed by atoms with E-state index < -0.39 is 58.6 Å². The number of halogens is 1. The normalized spacial score (nSPS) is 12.5. The van der Waals surface area contributed by atoms with Crippen molar-refractivity contribution in [1.29, 1.82) is 0 Å². The summed E-state index contributed by atoms with van der Waals surface area (Å²) >= 11 is 0. The first-order valence-corrected chi connectivity index (χ1v) is 18.3. The van der Waals surface area contributed by atoms with Gasteiger partial charge < -0.3 is 48.5 Å². The molecular weight excluding hydrogens is 739 g/mol. The van der Waals surface area contributed by atoms with Gasteiger partial charge in [0.1, 0.15) is 37.5 Å². The van der Waals surface area contributed by atoms with Crippen molar-refractivity contribution in [3.05, 3.63) is 50.6 Å². The predicted octanol–water partition coefficient (Wildman–Crippen LogP) is 5.49. The van der Waals surface area contributed by atoms with Gasteiger partial charge in [-0.2, -0.15) is 0 Å². The van der Waals surface area contributed by atoms with E-state index in [1.165, 1.54) is 20.8 Å². The van der Waals surface area contributed by atoms with Gasteiger partial charge in [0.05, 0.1) is 25.4 Å². The van der Waals surface area contributed by atoms with Gasteiger partial charge in [0.2, 0.25) is 5.85 Å². The summed E-state index contributed by atoms with van der Waals surface area (Å²) < 4.78 is 56.8. The molecule has 0 aliphatic carbocycles. The van der Waals surface area contributed by atoms with E-state index in [4.69, 9.17) is 37.9 Å². The Hall–Kier alpha value is -4.77. The van der Waals surface area contributed by atoms with E-state index in [0.29, 0.717) is 51.6 Å². The average Bonchev–Trinajstić information content (AvgIpc) is 3.14. The fourth-order valence-corrected chi connectivity index (χ4v) is 4.46. The summed E-state index contributed by atoms with van der Waals surface area (Å²) in [5.41, 5.74) is -3.00. The van der Waals surface area contributed by atoms with Crippen LogP contribution >= 0.6 is 0 Å². The number of carbonyl (C=O) groups excluding carboxylic acids is 6. The zero-order chi connectivity index (χ0) is 42.7. The van der Waals surface area contributed by atoms with E-state index in [1.54, 1.807) is 0 Å². The summed E-state index contributed by atoms with van der Waals surface area (Å²) in [7, 11) is 0. The number of hydrogen-bond donors (Lipinski definition) is 2. The van der Waals surface area contributed by atoms with Crippen LogP contribution in [-0.4, -0.2) is 111 Å². The Morgan fingerprint density at radius 3 is 1.20 bits per heavy atom. The number of rotatable bonds is 31. The number of hydrogen-bond acceptors (Lipinski definition) is 14. The van der Waals surface area contributed by atoms with Gasteiger partial charge >= 0.3 is 36.1 Å². The SMILES string of the molecule is C=CC(=O)OCC(C)(COC(=O)C=C)NC(=O)OCCCCOC(C)(F)CCCCOC(C)(C)CCCCOC(=O)NC(C)(COC(=O)C=C)COC(=O)C=C. The molecule has 1 unspecified atom stereocenters. The van der Waals surface area contributed by atoms with Crippen LogP contribution in [0.3, 0.4) is 0 Å². The minimum Gasteiger partial charge on any atom is -0.460 e. The summed E-state index contributed by atoms with van der Waals surface area (Å²) in [5, 5.41) is 5.08. The molecule has 0 spiro atoms. The molecule has 0 heterocycles. The third-order valence-corrected chi connectivity index (χ3v) is 7.70. The van der Waals surface area contributed by atoms with E-state index >= 15 is 0 Å². The third-order valence-electron chi connectivity index (χ3n) is 7.70. The monoisotopic (exact) mass is 800 g/mol. The Morgan fingerprint density at radius 2 is 0.804 bits per heavy atom. The number of unbranched alkanes of at least 4 members (excludes halogenated alkanes) is 3. The number of alkyl halides is 1. The Morgan fingerprint density at radius 1 is 0.482 bits per heavy atom. The van der Waals surface area contributed by atoms with E-state index in [9.17, 15) is 33.2 Å². The summed E-state index contributed by atoms with van der Waals surface area (Å²) in [6.07, 6.45) is 6.27. The topological polar surface area (TPSA) is 200 Å². The molecule has 0 aliphatic heterocycles. The quantitative estimate of drug-likeness (QED) is 0.0386. The van der Waals surface area contributed by atoms with E-state index in [1.807, 2.05) is 13.8 Å². The Balaban J connectivity index is 4.34. The van der Waals surface area contributed by atoms with Crippen LogP contribution in [0.5, 0.6) is 0 Å². The largest absolute Gasteiger partial charge is 0.460 e. The number of carbonyl (C=O) groups is 6. The van der Waals surface area contributed by atoms with Crippen LogP contribution in [0, 0.1) is 0 Å². The molecule has 0 aromatic heterocycles. The van der Waals surface area contributed by atoms with Crippen LogP contribution in [-0.2, 0) is 57.1 Å². The smallest absolute Gasteiger partial charge is 0.407 e. The van der Waals surface area contributed by atoms with Gasteiger partial charge in [-0.15, -0.1) is 0 Å². The molecule has 0 aliphatic rings. The van der Waals surface area contributed by atoms with Crippen LogP contribution in [0.25, 0.3) is 0 Å². The maximum atomic E-state index is 14.9. The zero-order valence-corrected chi connectivity index (χ0v) is 33.5. The fraction of sp³-hybridized carbons (Fsp3) is 0.641. The van der Waals surface area contributed by atoms with Crippen molar-refractivity contribution in [1.82, 2.24) is 10.6 Å². The van der Waals surface area contributed by atoms with E-state index in [-0.39, 0.29) is 52.7 Å². The van der Waals surface area contributed by atoms with Crippen LogP contribution in [0.1, 0.15) is 86.0 Å². The highest BCUT2D eigenvalue weighted by Gasteiger charge is 2.32. The zero-order valence-electron chi connectivity index (χ0n) is 33.5. The van der Waals surface area contributed by atoms with Crippen LogP contribution in [0.2, 0.25) is 0 Å². The Labute approximate surface area is 329 Å². The lowest BCUT2D eigenvalue weighted by atomic mass is 10.0. The first kappa shape index (κ1) is 51.2. The maximum Gasteiger partial charge on any atom is 0.407 e. The van der Waals surface area contributed by atoms with E-state index in [0.717, 1.165) is 24.3 Å². The highest BCUT2D eigenvalue weighted by molar-refractivity contribution is 5.82. The summed E-state index contributed by atoms with van der Waals surface area (Å²) in [5.74, 6) is -4.71. The summed E-state index contributed by atoms with van der Waals surface area (Å²) in [4.78, 5) is 70.6. The standard InChI is InChI=1S/C39H61FN2O14/c1-10-30(43)51-26-37(7,27-52-31(44)11-2)41-34(47)49-22-16-14-20-36(5,6)55-24-17-15-21-39(9,40)56-25-19-18-23-50-35(48)42-38(8,28-53-32(45)12-3)29-54-33(46)13-4/h10-13H,1-4,14-29H2,5-9H3,(H,41,47)(H,42,48). The molecule has 0 aromatic rings. The molecule has 0 saturated carbocycles. The van der Waals surface area contributed by atoms with Gasteiger partial charge in [0.15, 0.2) is 0 Å². The van der Waals surface area contributed by atoms with Crippen molar-refractivity contribution >= 4 is 36.1 Å². The molecule has 17 heteroatoms. The fourth-order valence-electron chi connectivity index (χ4n) is 4.46. The second-order valence-electron chi connectivity index (χ2n) is 14.1. The second-order valence-corrected chi connectivity index (χ2v) is 14.1. The van der Waals surface area contributed by atoms with Crippen molar-refractivity contribution in [3.63, 3.8) is 0 Å². The molecule has 2 amide bonds. The number of ether oxygens (including phenoxy) is 8. The lowest BCUT2D eigenvalue weighted by Gasteiger charge is -2.29. The van der Waals surface area contributed by atoms with Gasteiger partial charge in [0, 0.05) is 37.3 Å². The summed E-state index contributed by atoms with van der Waals surface area (Å²) in [6.45, 7) is 20.9. The molecule has 0 saturated heterocycles. The van der Waals surface area contributed by atoms with E-state index in [2.05, 4.69) is 36.9 Å². The lowest BCUT2D eigenvalue weighted by molar-refractivity contribution is -0.146. The maximum absolute atomic E-state index is 14.9. The number of alkyl carbamates (subject to hydrolysis) is 2. The molecular formula is C39H61FN2O14. The molecule has 0 rings (SSSR count). The molecule has 0 aromatic carbocycles. The number of esters is 4. The minimum absolute atomic E-state index is 0.00925. The first-order valence-electron chi connectivity index (χ1n) is 18.3. The second kappa shape index (κ2) is 26.9. The van der Waals surface area contributed by atoms with Crippen molar-refractivity contribution in [2.75, 3.05) is 52.9 Å². The number of nitrogens with one attached hydrogen (secondary N) is 2. The summed E-state index contributed by atoms with van der Waals surface area (Å²) in [6, 6.07) is 0. The molecule has 318 valence electrons. The lowest BCUT2D eigenvalue weighted by Crippen LogP contribution is -2.53. The third kappa shape index (κ3) is 26.1. The highest BCUT2D eigenvalue weighted by Crippen LogP contribution is 2.23. The Bertz CT molecular complexity index is 1270. The van der Waals surface area contributed by atoms with Crippen LogP contribution < -0.4 is 10.6 Å². The van der Waals surface area contributed by atoms with Crippen molar-refractivity contribution < 1.29 is 71.1 Å². The van der Waals surface area contributed by atoms with Crippen molar-refractivity contribution in [3.8, 4) is 0 Å². The van der Waals surface area contributed by atoms with Gasteiger partial charge in [-0.05, 0) is 79.6 Å². The van der Waals surface area contributed by atoms with Gasteiger partial charge in [0.25, 0.3) is 0 Å². The van der Waals surface area contributed by atoms with Crippen LogP contribution in [0.4, 0.5) is 14.0 Å². The number of amides is 2. The molecule has 56 heavy (non-hydrogen) atoms. The Kier molecular flexibility index (Phi) is 24.6. The molecule has 0 fully saturated rings. The van der Waals surface area contributed by atoms with Crippen LogP contribution in [0.15, 0.2) is 50.6 Å². The first-order chi connectivity index (χ1) is 26.2. The van der Waals surface area contributed by atoms with Crippen molar-refractivity contribution in [2.24, 2.45) is 0 Å². The molecule has 1 atom stereocenters. The molecule has 16 nitrogen and oxygen atoms in total. The van der Waals surface area contributed by atoms with Gasteiger partial charge in [-0.1, -0.05) is 26.3 Å². The predicted molar refractivity (Wildman–Crippen MR) is 203 cm³/mol. The molecule has 0 radical (unpaired) electrons. The molecule has 2 N–H and O–H groups in total. The molecule has 0 bridgehead atoms. The van der Waals surface area contributed by atoms with Gasteiger partial charge in [-0.3, -0.25) is 0 Å². The van der Waals surface area contributed by atoms with Gasteiger partial charge in [-0.25, -0.2) is 33.2 Å². The minimum atomic E-state index is -1.85.